The highest BCUT2D eigenvalue weighted by molar-refractivity contribution is 6.34. The van der Waals surface area contributed by atoms with Crippen molar-refractivity contribution in [2.24, 2.45) is 0 Å². The highest BCUT2D eigenvalue weighted by Crippen LogP contribution is 2.30. The SMILES string of the molecule is Cc1ccccc1C(=O)Nc1cc(N2CCCN(Cc3ccc(F)c(F)c3)C2=O)ccc1Cl. The van der Waals surface area contributed by atoms with Gasteiger partial charge < -0.3 is 10.2 Å². The molecule has 0 saturated carbocycles. The Labute approximate surface area is 195 Å². The predicted molar refractivity (Wildman–Crippen MR) is 125 cm³/mol. The van der Waals surface area contributed by atoms with Crippen molar-refractivity contribution in [1.29, 1.82) is 0 Å². The van der Waals surface area contributed by atoms with Crippen molar-refractivity contribution < 1.29 is 18.4 Å². The second-order valence-corrected chi connectivity index (χ2v) is 8.30. The van der Waals surface area contributed by atoms with Crippen LogP contribution in [0.4, 0.5) is 25.0 Å². The summed E-state index contributed by atoms with van der Waals surface area (Å²) in [7, 11) is 0. The number of halogens is 3. The van der Waals surface area contributed by atoms with Gasteiger partial charge >= 0.3 is 6.03 Å². The molecule has 33 heavy (non-hydrogen) atoms. The van der Waals surface area contributed by atoms with E-state index in [1.807, 2.05) is 19.1 Å². The van der Waals surface area contributed by atoms with E-state index in [0.717, 1.165) is 17.7 Å². The first-order chi connectivity index (χ1) is 15.8. The van der Waals surface area contributed by atoms with Gasteiger partial charge in [0.05, 0.1) is 10.7 Å². The van der Waals surface area contributed by atoms with Gasteiger partial charge in [-0.15, -0.1) is 0 Å². The lowest BCUT2D eigenvalue weighted by molar-refractivity contribution is 0.102. The van der Waals surface area contributed by atoms with Crippen LogP contribution in [0.3, 0.4) is 0 Å². The summed E-state index contributed by atoms with van der Waals surface area (Å²) in [4.78, 5) is 29.0. The molecule has 1 saturated heterocycles. The number of carbonyl (C=O) groups is 2. The maximum absolute atomic E-state index is 13.6. The van der Waals surface area contributed by atoms with Crippen LogP contribution in [0, 0.1) is 18.6 Å². The number of hydrogen-bond acceptors (Lipinski definition) is 2. The molecule has 0 unspecified atom stereocenters. The second-order valence-electron chi connectivity index (χ2n) is 7.89. The molecule has 1 aliphatic heterocycles. The molecule has 1 aliphatic rings. The third kappa shape index (κ3) is 4.98. The number of hydrogen-bond donors (Lipinski definition) is 1. The first-order valence-electron chi connectivity index (χ1n) is 10.5. The minimum atomic E-state index is -0.944. The van der Waals surface area contributed by atoms with Gasteiger partial charge in [-0.2, -0.15) is 0 Å². The van der Waals surface area contributed by atoms with Crippen molar-refractivity contribution in [3.05, 3.63) is 94.0 Å². The van der Waals surface area contributed by atoms with Gasteiger partial charge in [0.15, 0.2) is 11.6 Å². The number of amides is 3. The van der Waals surface area contributed by atoms with Gasteiger partial charge in [-0.05, 0) is 60.9 Å². The van der Waals surface area contributed by atoms with Gasteiger partial charge in [-0.25, -0.2) is 13.6 Å². The zero-order valence-electron chi connectivity index (χ0n) is 17.9. The molecule has 5 nitrogen and oxygen atoms in total. The first kappa shape index (κ1) is 22.7. The number of carbonyl (C=O) groups excluding carboxylic acids is 2. The Hall–Kier alpha value is -3.45. The van der Waals surface area contributed by atoms with Gasteiger partial charge in [-0.1, -0.05) is 35.9 Å². The number of rotatable bonds is 5. The zero-order chi connectivity index (χ0) is 23.5. The Morgan fingerprint density at radius 1 is 1.03 bits per heavy atom. The number of nitrogens with one attached hydrogen (secondary N) is 1. The van der Waals surface area contributed by atoms with E-state index >= 15 is 0 Å². The minimum absolute atomic E-state index is 0.164. The van der Waals surface area contributed by atoms with E-state index in [-0.39, 0.29) is 18.5 Å². The van der Waals surface area contributed by atoms with Crippen molar-refractivity contribution >= 4 is 34.9 Å². The number of aryl methyl sites for hydroxylation is 1. The molecule has 3 aromatic carbocycles. The van der Waals surface area contributed by atoms with Crippen LogP contribution in [0.5, 0.6) is 0 Å². The molecular formula is C25H22ClF2N3O2. The number of anilines is 2. The minimum Gasteiger partial charge on any atom is -0.321 e. The van der Waals surface area contributed by atoms with E-state index in [9.17, 15) is 18.4 Å². The van der Waals surface area contributed by atoms with E-state index in [4.69, 9.17) is 11.6 Å². The van der Waals surface area contributed by atoms with Gasteiger partial charge in [-0.3, -0.25) is 9.69 Å². The smallest absolute Gasteiger partial charge is 0.321 e. The molecule has 0 spiro atoms. The Morgan fingerprint density at radius 3 is 2.58 bits per heavy atom. The third-order valence-electron chi connectivity index (χ3n) is 5.57. The molecule has 0 aromatic heterocycles. The Kier molecular flexibility index (Phi) is 6.60. The molecule has 0 bridgehead atoms. The lowest BCUT2D eigenvalue weighted by Gasteiger charge is -2.36. The molecule has 1 heterocycles. The molecule has 3 amide bonds. The Morgan fingerprint density at radius 2 is 1.82 bits per heavy atom. The summed E-state index contributed by atoms with van der Waals surface area (Å²) in [5.74, 6) is -2.16. The number of nitrogens with zero attached hydrogens (tertiary/aromatic N) is 2. The maximum Gasteiger partial charge on any atom is 0.324 e. The summed E-state index contributed by atoms with van der Waals surface area (Å²) < 4.78 is 26.8. The van der Waals surface area contributed by atoms with Crippen molar-refractivity contribution in [1.82, 2.24) is 4.90 Å². The highest BCUT2D eigenvalue weighted by Gasteiger charge is 2.27. The summed E-state index contributed by atoms with van der Waals surface area (Å²) in [5.41, 5.74) is 2.85. The van der Waals surface area contributed by atoms with Crippen molar-refractivity contribution in [3.8, 4) is 0 Å². The van der Waals surface area contributed by atoms with Crippen LogP contribution in [0.25, 0.3) is 0 Å². The lowest BCUT2D eigenvalue weighted by Crippen LogP contribution is -2.49. The summed E-state index contributed by atoms with van der Waals surface area (Å²) in [6.45, 7) is 3.00. The maximum atomic E-state index is 13.6. The zero-order valence-corrected chi connectivity index (χ0v) is 18.7. The normalized spacial score (nSPS) is 13.9. The van der Waals surface area contributed by atoms with Gasteiger partial charge in [0.1, 0.15) is 0 Å². The molecule has 1 fully saturated rings. The second kappa shape index (κ2) is 9.58. The van der Waals surface area contributed by atoms with Crippen LogP contribution in [0.1, 0.15) is 27.9 Å². The van der Waals surface area contributed by atoms with Crippen LogP contribution in [0.2, 0.25) is 5.02 Å². The molecule has 1 N–H and O–H groups in total. The number of urea groups is 1. The van der Waals surface area contributed by atoms with Crippen molar-refractivity contribution in [3.63, 3.8) is 0 Å². The summed E-state index contributed by atoms with van der Waals surface area (Å²) in [6, 6.07) is 15.6. The molecule has 0 aliphatic carbocycles. The van der Waals surface area contributed by atoms with Crippen molar-refractivity contribution in [2.45, 2.75) is 19.9 Å². The Bertz CT molecular complexity index is 1220. The van der Waals surface area contributed by atoms with Crippen molar-refractivity contribution in [2.75, 3.05) is 23.3 Å². The highest BCUT2D eigenvalue weighted by atomic mass is 35.5. The average Bonchev–Trinajstić information content (AvgIpc) is 2.79. The van der Waals surface area contributed by atoms with E-state index in [2.05, 4.69) is 5.32 Å². The van der Waals surface area contributed by atoms with E-state index in [0.29, 0.717) is 47.0 Å². The quantitative estimate of drug-likeness (QED) is 0.497. The molecule has 3 aromatic rings. The molecular weight excluding hydrogens is 448 g/mol. The first-order valence-corrected chi connectivity index (χ1v) is 10.9. The van der Waals surface area contributed by atoms with E-state index in [1.54, 1.807) is 40.1 Å². The topological polar surface area (TPSA) is 52.7 Å². The fraction of sp³-hybridized carbons (Fsp3) is 0.200. The van der Waals surface area contributed by atoms with E-state index < -0.39 is 11.6 Å². The largest absolute Gasteiger partial charge is 0.324 e. The molecule has 0 atom stereocenters. The Balaban J connectivity index is 1.53. The number of benzene rings is 3. The van der Waals surface area contributed by atoms with Crippen LogP contribution in [0.15, 0.2) is 60.7 Å². The van der Waals surface area contributed by atoms with Crippen LogP contribution in [-0.2, 0) is 6.54 Å². The van der Waals surface area contributed by atoms with E-state index in [1.165, 1.54) is 6.07 Å². The van der Waals surface area contributed by atoms with Gasteiger partial charge in [0.2, 0.25) is 0 Å². The predicted octanol–water partition coefficient (Wildman–Crippen LogP) is 6.01. The van der Waals surface area contributed by atoms with Crippen LogP contribution in [-0.4, -0.2) is 29.9 Å². The molecule has 0 radical (unpaired) electrons. The fourth-order valence-electron chi connectivity index (χ4n) is 3.82. The fourth-order valence-corrected chi connectivity index (χ4v) is 3.99. The molecule has 4 rings (SSSR count). The van der Waals surface area contributed by atoms with Crippen LogP contribution >= 0.6 is 11.6 Å². The van der Waals surface area contributed by atoms with Crippen LogP contribution < -0.4 is 10.2 Å². The average molecular weight is 470 g/mol. The third-order valence-corrected chi connectivity index (χ3v) is 5.90. The van der Waals surface area contributed by atoms with Gasteiger partial charge in [0, 0.05) is 30.9 Å². The summed E-state index contributed by atoms with van der Waals surface area (Å²) in [6.07, 6.45) is 0.697. The lowest BCUT2D eigenvalue weighted by atomic mass is 10.1. The summed E-state index contributed by atoms with van der Waals surface area (Å²) >= 11 is 6.31. The molecule has 170 valence electrons. The summed E-state index contributed by atoms with van der Waals surface area (Å²) in [5, 5.41) is 3.18. The standard InChI is InChI=1S/C25H22ClF2N3O2/c1-16-5-2-3-6-19(16)24(32)29-23-14-18(8-9-20(23)26)31-12-4-11-30(25(31)33)15-17-7-10-21(27)22(28)13-17/h2-3,5-10,13-14H,4,11-12,15H2,1H3,(H,29,32). The molecule has 8 heteroatoms. The monoisotopic (exact) mass is 469 g/mol. The van der Waals surface area contributed by atoms with Gasteiger partial charge in [0.25, 0.3) is 5.91 Å².